The van der Waals surface area contributed by atoms with Gasteiger partial charge in [0.15, 0.2) is 0 Å². The predicted molar refractivity (Wildman–Crippen MR) is 149 cm³/mol. The van der Waals surface area contributed by atoms with Crippen molar-refractivity contribution in [1.29, 1.82) is 0 Å². The van der Waals surface area contributed by atoms with Crippen LogP contribution in [0.4, 0.5) is 5.69 Å². The lowest BCUT2D eigenvalue weighted by molar-refractivity contribution is -0.139. The summed E-state index contributed by atoms with van der Waals surface area (Å²) < 4.78 is 11.5. The number of carbonyl (C=O) groups excluding carboxylic acids is 2. The molecule has 2 atom stereocenters. The molecule has 210 valence electrons. The first kappa shape index (κ1) is 29.9. The second-order valence-corrected chi connectivity index (χ2v) is 9.24. The molecule has 0 saturated carbocycles. The molecule has 0 heterocycles. The quantitative estimate of drug-likeness (QED) is 0.158. The van der Waals surface area contributed by atoms with E-state index in [4.69, 9.17) is 9.47 Å². The standard InChI is InChI=1S/C31H33NO8/c1-21(22-9-7-12-25(19-22)40-18-6-5-17-39-24-10-3-2-4-11-24)29(34)32-28-15-14-23(30(35)36)20-27(28)26(31(37)38)13-8-16-33/h2-4,7,9-12,14-16,19-21,26H,5-6,8,13,17-18H2,1H3,(H,32,34)(H,35,36)(H,37,38). The van der Waals surface area contributed by atoms with Gasteiger partial charge < -0.3 is 29.8 Å². The number of aromatic carboxylic acids is 1. The lowest BCUT2D eigenvalue weighted by Gasteiger charge is -2.20. The molecule has 3 aromatic rings. The number of benzene rings is 3. The molecule has 0 bridgehead atoms. The van der Waals surface area contributed by atoms with E-state index in [2.05, 4.69) is 5.32 Å². The molecule has 0 aliphatic carbocycles. The molecule has 0 aliphatic heterocycles. The van der Waals surface area contributed by atoms with Crippen LogP contribution in [0.15, 0.2) is 72.8 Å². The third-order valence-electron chi connectivity index (χ3n) is 6.37. The minimum absolute atomic E-state index is 0.0229. The highest BCUT2D eigenvalue weighted by atomic mass is 16.5. The summed E-state index contributed by atoms with van der Waals surface area (Å²) in [5.74, 6) is -3.19. The number of hydrogen-bond acceptors (Lipinski definition) is 6. The van der Waals surface area contributed by atoms with E-state index in [9.17, 15) is 29.4 Å². The van der Waals surface area contributed by atoms with Crippen LogP contribution < -0.4 is 14.8 Å². The highest BCUT2D eigenvalue weighted by molar-refractivity contribution is 5.98. The van der Waals surface area contributed by atoms with E-state index in [1.165, 1.54) is 18.2 Å². The van der Waals surface area contributed by atoms with Crippen LogP contribution >= 0.6 is 0 Å². The third kappa shape index (κ3) is 8.69. The fourth-order valence-electron chi connectivity index (χ4n) is 4.11. The van der Waals surface area contributed by atoms with Crippen molar-refractivity contribution in [3.8, 4) is 11.5 Å². The number of carboxylic acids is 2. The average molecular weight is 548 g/mol. The Kier molecular flexibility index (Phi) is 11.3. The number of hydrogen-bond donors (Lipinski definition) is 3. The largest absolute Gasteiger partial charge is 0.494 e. The van der Waals surface area contributed by atoms with Gasteiger partial charge in [0, 0.05) is 12.1 Å². The molecule has 40 heavy (non-hydrogen) atoms. The van der Waals surface area contributed by atoms with Crippen molar-refractivity contribution in [3.05, 3.63) is 89.5 Å². The van der Waals surface area contributed by atoms with Gasteiger partial charge in [0.1, 0.15) is 17.8 Å². The highest BCUT2D eigenvalue weighted by Gasteiger charge is 2.26. The number of aldehydes is 1. The lowest BCUT2D eigenvalue weighted by atomic mass is 9.91. The van der Waals surface area contributed by atoms with Gasteiger partial charge in [0.2, 0.25) is 5.91 Å². The van der Waals surface area contributed by atoms with E-state index in [1.807, 2.05) is 36.4 Å². The van der Waals surface area contributed by atoms with Crippen LogP contribution in [-0.4, -0.2) is 47.6 Å². The number of carbonyl (C=O) groups is 4. The van der Waals surface area contributed by atoms with Gasteiger partial charge in [-0.25, -0.2) is 4.79 Å². The second kappa shape index (κ2) is 15.1. The highest BCUT2D eigenvalue weighted by Crippen LogP contribution is 2.31. The Morgan fingerprint density at radius 3 is 2.20 bits per heavy atom. The zero-order valence-electron chi connectivity index (χ0n) is 22.2. The second-order valence-electron chi connectivity index (χ2n) is 9.24. The number of aliphatic carboxylic acids is 1. The number of para-hydroxylation sites is 1. The molecular formula is C31H33NO8. The monoisotopic (exact) mass is 547 g/mol. The molecule has 9 nitrogen and oxygen atoms in total. The molecule has 3 N–H and O–H groups in total. The Balaban J connectivity index is 1.63. The number of ether oxygens (including phenoxy) is 2. The summed E-state index contributed by atoms with van der Waals surface area (Å²) in [6, 6.07) is 20.7. The molecule has 3 rings (SSSR count). The van der Waals surface area contributed by atoms with Crippen molar-refractivity contribution in [2.45, 2.75) is 44.4 Å². The number of anilines is 1. The Morgan fingerprint density at radius 1 is 0.875 bits per heavy atom. The van der Waals surface area contributed by atoms with E-state index in [-0.39, 0.29) is 29.7 Å². The summed E-state index contributed by atoms with van der Waals surface area (Å²) in [5.41, 5.74) is 0.894. The Labute approximate surface area is 232 Å². The summed E-state index contributed by atoms with van der Waals surface area (Å²) in [5, 5.41) is 21.9. The Hall–Kier alpha value is -4.66. The van der Waals surface area contributed by atoms with Gasteiger partial charge in [0.05, 0.1) is 30.6 Å². The van der Waals surface area contributed by atoms with E-state index in [0.717, 1.165) is 18.6 Å². The van der Waals surface area contributed by atoms with Gasteiger partial charge in [-0.2, -0.15) is 0 Å². The summed E-state index contributed by atoms with van der Waals surface area (Å²) >= 11 is 0. The molecular weight excluding hydrogens is 514 g/mol. The molecule has 0 aromatic heterocycles. The zero-order chi connectivity index (χ0) is 28.9. The maximum Gasteiger partial charge on any atom is 0.335 e. The number of nitrogens with one attached hydrogen (secondary N) is 1. The molecule has 3 aromatic carbocycles. The number of carboxylic acid groups (broad SMARTS) is 2. The predicted octanol–water partition coefficient (Wildman–Crippen LogP) is 5.51. The molecule has 0 fully saturated rings. The summed E-state index contributed by atoms with van der Waals surface area (Å²) in [4.78, 5) is 47.5. The lowest BCUT2D eigenvalue weighted by Crippen LogP contribution is -2.22. The van der Waals surface area contributed by atoms with Gasteiger partial charge in [-0.1, -0.05) is 30.3 Å². The molecule has 0 radical (unpaired) electrons. The van der Waals surface area contributed by atoms with Crippen molar-refractivity contribution >= 4 is 29.8 Å². The Morgan fingerprint density at radius 2 is 1.55 bits per heavy atom. The van der Waals surface area contributed by atoms with Crippen molar-refractivity contribution in [2.24, 2.45) is 0 Å². The fraction of sp³-hybridized carbons (Fsp3) is 0.290. The van der Waals surface area contributed by atoms with Crippen LogP contribution in [0, 0.1) is 0 Å². The fourth-order valence-corrected chi connectivity index (χ4v) is 4.11. The van der Waals surface area contributed by atoms with Crippen LogP contribution in [0.25, 0.3) is 0 Å². The SMILES string of the molecule is CC(C(=O)Nc1ccc(C(=O)O)cc1C(CCC=O)C(=O)O)c1cccc(OCCCCOc2ccccc2)c1. The number of unbranched alkanes of at least 4 members (excludes halogenated alkanes) is 1. The Bertz CT molecular complexity index is 1310. The third-order valence-corrected chi connectivity index (χ3v) is 6.37. The molecule has 0 aliphatic rings. The summed E-state index contributed by atoms with van der Waals surface area (Å²) in [6.45, 7) is 2.78. The van der Waals surface area contributed by atoms with Crippen LogP contribution in [0.1, 0.15) is 65.9 Å². The van der Waals surface area contributed by atoms with Gasteiger partial charge in [-0.05, 0) is 79.8 Å². The van der Waals surface area contributed by atoms with Crippen molar-refractivity contribution in [3.63, 3.8) is 0 Å². The van der Waals surface area contributed by atoms with Crippen LogP contribution in [-0.2, 0) is 14.4 Å². The first-order valence-electron chi connectivity index (χ1n) is 13.0. The van der Waals surface area contributed by atoms with E-state index >= 15 is 0 Å². The minimum atomic E-state index is -1.23. The maximum absolute atomic E-state index is 13.2. The number of rotatable bonds is 16. The average Bonchev–Trinajstić information content (AvgIpc) is 2.95. The minimum Gasteiger partial charge on any atom is -0.494 e. The molecule has 1 amide bonds. The molecule has 0 spiro atoms. The number of amides is 1. The van der Waals surface area contributed by atoms with Crippen LogP contribution in [0.5, 0.6) is 11.5 Å². The molecule has 2 unspecified atom stereocenters. The van der Waals surface area contributed by atoms with Gasteiger partial charge in [-0.3, -0.25) is 9.59 Å². The first-order chi connectivity index (χ1) is 19.3. The summed E-state index contributed by atoms with van der Waals surface area (Å²) in [7, 11) is 0. The maximum atomic E-state index is 13.2. The van der Waals surface area contributed by atoms with Gasteiger partial charge in [-0.15, -0.1) is 0 Å². The van der Waals surface area contributed by atoms with Crippen molar-refractivity contribution in [2.75, 3.05) is 18.5 Å². The topological polar surface area (TPSA) is 139 Å². The van der Waals surface area contributed by atoms with Crippen LogP contribution in [0.3, 0.4) is 0 Å². The first-order valence-corrected chi connectivity index (χ1v) is 13.0. The van der Waals surface area contributed by atoms with E-state index < -0.39 is 29.7 Å². The normalized spacial score (nSPS) is 12.1. The van der Waals surface area contributed by atoms with Crippen LogP contribution in [0.2, 0.25) is 0 Å². The molecule has 0 saturated heterocycles. The van der Waals surface area contributed by atoms with Crippen molar-refractivity contribution in [1.82, 2.24) is 0 Å². The van der Waals surface area contributed by atoms with E-state index in [0.29, 0.717) is 30.8 Å². The van der Waals surface area contributed by atoms with Gasteiger partial charge in [0.25, 0.3) is 0 Å². The van der Waals surface area contributed by atoms with Gasteiger partial charge >= 0.3 is 11.9 Å². The smallest absolute Gasteiger partial charge is 0.335 e. The molecule has 9 heteroatoms. The van der Waals surface area contributed by atoms with E-state index in [1.54, 1.807) is 25.1 Å². The van der Waals surface area contributed by atoms with Crippen molar-refractivity contribution < 1.29 is 38.9 Å². The summed E-state index contributed by atoms with van der Waals surface area (Å²) in [6.07, 6.45) is 2.16. The zero-order valence-corrected chi connectivity index (χ0v) is 22.2.